The number of rotatable bonds is 7. The molecule has 0 bridgehead atoms. The predicted octanol–water partition coefficient (Wildman–Crippen LogP) is 4.27. The van der Waals surface area contributed by atoms with E-state index in [0.717, 1.165) is 28.5 Å². The van der Waals surface area contributed by atoms with Gasteiger partial charge in [-0.05, 0) is 55.5 Å². The van der Waals surface area contributed by atoms with Gasteiger partial charge in [0.15, 0.2) is 0 Å². The third-order valence-corrected chi connectivity index (χ3v) is 5.58. The van der Waals surface area contributed by atoms with Gasteiger partial charge in [-0.15, -0.1) is 0 Å². The van der Waals surface area contributed by atoms with Gasteiger partial charge in [0.05, 0.1) is 7.11 Å². The van der Waals surface area contributed by atoms with Crippen LogP contribution in [0.5, 0.6) is 5.75 Å². The van der Waals surface area contributed by atoms with Crippen LogP contribution in [0.25, 0.3) is 21.9 Å². The van der Waals surface area contributed by atoms with Crippen molar-refractivity contribution in [1.29, 1.82) is 0 Å². The third-order valence-electron chi connectivity index (χ3n) is 5.58. The number of nitrogens with one attached hydrogen (secondary N) is 2. The summed E-state index contributed by atoms with van der Waals surface area (Å²) in [5.41, 5.74) is 4.14. The normalized spacial score (nSPS) is 12.2. The van der Waals surface area contributed by atoms with Crippen LogP contribution in [0.2, 0.25) is 0 Å². The average molecular weight is 418 g/mol. The quantitative estimate of drug-likeness (QED) is 0.439. The molecule has 160 valence electrons. The summed E-state index contributed by atoms with van der Waals surface area (Å²) in [4.78, 5) is 27.5. The smallest absolute Gasteiger partial charge is 0.336 e. The summed E-state index contributed by atoms with van der Waals surface area (Å²) in [5, 5.41) is 5.13. The van der Waals surface area contributed by atoms with Crippen LogP contribution in [-0.4, -0.2) is 24.0 Å². The van der Waals surface area contributed by atoms with Crippen molar-refractivity contribution in [2.75, 3.05) is 7.11 Å². The summed E-state index contributed by atoms with van der Waals surface area (Å²) >= 11 is 0. The second kappa shape index (κ2) is 8.68. The Morgan fingerprint density at radius 3 is 2.77 bits per heavy atom. The number of para-hydroxylation sites is 1. The van der Waals surface area contributed by atoms with Crippen LogP contribution in [0.15, 0.2) is 57.9 Å². The van der Waals surface area contributed by atoms with E-state index >= 15 is 0 Å². The maximum absolute atomic E-state index is 12.6. The third kappa shape index (κ3) is 4.48. The van der Waals surface area contributed by atoms with E-state index in [2.05, 4.69) is 16.4 Å². The first-order chi connectivity index (χ1) is 14.9. The first-order valence-electron chi connectivity index (χ1n) is 10.4. The van der Waals surface area contributed by atoms with Gasteiger partial charge in [-0.3, -0.25) is 4.79 Å². The molecule has 0 unspecified atom stereocenters. The Kier molecular flexibility index (Phi) is 5.80. The number of benzene rings is 2. The van der Waals surface area contributed by atoms with Gasteiger partial charge in [-0.2, -0.15) is 0 Å². The molecule has 2 N–H and O–H groups in total. The molecule has 2 heterocycles. The van der Waals surface area contributed by atoms with Gasteiger partial charge in [0.25, 0.3) is 0 Å². The Balaban J connectivity index is 1.42. The number of hydrogen-bond acceptors (Lipinski definition) is 4. The fourth-order valence-electron chi connectivity index (χ4n) is 4.05. The van der Waals surface area contributed by atoms with E-state index in [1.165, 1.54) is 17.0 Å². The summed E-state index contributed by atoms with van der Waals surface area (Å²) in [7, 11) is 1.57. The van der Waals surface area contributed by atoms with Crippen LogP contribution >= 0.6 is 0 Å². The molecule has 0 aliphatic heterocycles. The molecule has 4 rings (SSSR count). The highest BCUT2D eigenvalue weighted by molar-refractivity contribution is 5.84. The Bertz CT molecular complexity index is 1300. The molecule has 1 amide bonds. The molecule has 0 aliphatic rings. The molecule has 0 saturated heterocycles. The van der Waals surface area contributed by atoms with Gasteiger partial charge in [-0.25, -0.2) is 4.79 Å². The maximum atomic E-state index is 12.6. The van der Waals surface area contributed by atoms with Gasteiger partial charge >= 0.3 is 5.63 Å². The van der Waals surface area contributed by atoms with Crippen molar-refractivity contribution in [2.24, 2.45) is 0 Å². The molecular formula is C25H26N2O4. The average Bonchev–Trinajstić information content (AvgIpc) is 3.14. The number of methoxy groups -OCH3 is 1. The number of fused-ring (bicyclic) bond motifs is 2. The van der Waals surface area contributed by atoms with Crippen molar-refractivity contribution < 1.29 is 13.9 Å². The summed E-state index contributed by atoms with van der Waals surface area (Å²) in [6, 6.07) is 13.3. The van der Waals surface area contributed by atoms with Crippen LogP contribution in [0.3, 0.4) is 0 Å². The first kappa shape index (κ1) is 20.7. The van der Waals surface area contributed by atoms with E-state index in [9.17, 15) is 9.59 Å². The highest BCUT2D eigenvalue weighted by Gasteiger charge is 2.14. The fourth-order valence-corrected chi connectivity index (χ4v) is 4.05. The number of carbonyl (C=O) groups is 1. The molecule has 0 radical (unpaired) electrons. The lowest BCUT2D eigenvalue weighted by atomic mass is 10.0. The highest BCUT2D eigenvalue weighted by atomic mass is 16.5. The summed E-state index contributed by atoms with van der Waals surface area (Å²) in [5.74, 6) is 0.603. The monoisotopic (exact) mass is 418 g/mol. The van der Waals surface area contributed by atoms with Gasteiger partial charge in [0, 0.05) is 47.1 Å². The number of carbonyl (C=O) groups excluding carboxylic acids is 1. The van der Waals surface area contributed by atoms with E-state index in [0.29, 0.717) is 24.2 Å². The van der Waals surface area contributed by atoms with Crippen LogP contribution in [-0.2, 0) is 17.6 Å². The minimum Gasteiger partial charge on any atom is -0.496 e. The SMILES string of the molecule is COc1cc2oc(=O)cc(C)c2cc1CCC(=O)N[C@@H](C)Cc1c[nH]c2ccccc12. The predicted molar refractivity (Wildman–Crippen MR) is 122 cm³/mol. The second-order valence-electron chi connectivity index (χ2n) is 7.94. The molecule has 6 heteroatoms. The van der Waals surface area contributed by atoms with E-state index < -0.39 is 0 Å². The molecule has 0 fully saturated rings. The maximum Gasteiger partial charge on any atom is 0.336 e. The summed E-state index contributed by atoms with van der Waals surface area (Å²) < 4.78 is 10.7. The molecule has 4 aromatic rings. The largest absolute Gasteiger partial charge is 0.496 e. The lowest BCUT2D eigenvalue weighted by Crippen LogP contribution is -2.34. The zero-order valence-corrected chi connectivity index (χ0v) is 18.0. The van der Waals surface area contributed by atoms with E-state index in [-0.39, 0.29) is 17.6 Å². The van der Waals surface area contributed by atoms with Crippen LogP contribution in [0, 0.1) is 6.92 Å². The molecule has 0 saturated carbocycles. The Morgan fingerprint density at radius 1 is 1.16 bits per heavy atom. The topological polar surface area (TPSA) is 84.3 Å². The molecule has 6 nitrogen and oxygen atoms in total. The number of amides is 1. The summed E-state index contributed by atoms with van der Waals surface area (Å²) in [6.07, 6.45) is 3.64. The van der Waals surface area contributed by atoms with E-state index in [4.69, 9.17) is 9.15 Å². The number of aromatic amines is 1. The number of H-pyrrole nitrogens is 1. The van der Waals surface area contributed by atoms with Crippen LogP contribution in [0.4, 0.5) is 0 Å². The first-order valence-corrected chi connectivity index (χ1v) is 10.4. The molecule has 31 heavy (non-hydrogen) atoms. The lowest BCUT2D eigenvalue weighted by Gasteiger charge is -2.15. The van der Waals surface area contributed by atoms with Gasteiger partial charge in [0.2, 0.25) is 5.91 Å². The Hall–Kier alpha value is -3.54. The van der Waals surface area contributed by atoms with Crippen molar-refractivity contribution in [1.82, 2.24) is 10.3 Å². The molecule has 2 aromatic carbocycles. The second-order valence-corrected chi connectivity index (χ2v) is 7.94. The van der Waals surface area contributed by atoms with Crippen molar-refractivity contribution in [2.45, 2.75) is 39.2 Å². The number of ether oxygens (including phenoxy) is 1. The van der Waals surface area contributed by atoms with Crippen LogP contribution in [0.1, 0.15) is 30.0 Å². The van der Waals surface area contributed by atoms with Crippen molar-refractivity contribution in [3.8, 4) is 5.75 Å². The highest BCUT2D eigenvalue weighted by Crippen LogP contribution is 2.28. The Labute approximate surface area is 180 Å². The molecule has 1 atom stereocenters. The van der Waals surface area contributed by atoms with E-state index in [1.807, 2.05) is 44.3 Å². The zero-order chi connectivity index (χ0) is 22.0. The number of aryl methyl sites for hydroxylation is 2. The molecular weight excluding hydrogens is 392 g/mol. The van der Waals surface area contributed by atoms with Gasteiger partial charge in [-0.1, -0.05) is 18.2 Å². The molecule has 0 spiro atoms. The van der Waals surface area contributed by atoms with Crippen LogP contribution < -0.4 is 15.7 Å². The van der Waals surface area contributed by atoms with Gasteiger partial charge in [0.1, 0.15) is 11.3 Å². The summed E-state index contributed by atoms with van der Waals surface area (Å²) in [6.45, 7) is 3.89. The molecule has 2 aromatic heterocycles. The fraction of sp³-hybridized carbons (Fsp3) is 0.280. The molecule has 0 aliphatic carbocycles. The van der Waals surface area contributed by atoms with Crippen molar-refractivity contribution in [3.05, 3.63) is 75.8 Å². The minimum atomic E-state index is -0.386. The minimum absolute atomic E-state index is 0.00851. The van der Waals surface area contributed by atoms with E-state index in [1.54, 1.807) is 13.2 Å². The number of aromatic nitrogens is 1. The number of hydrogen-bond donors (Lipinski definition) is 2. The van der Waals surface area contributed by atoms with Gasteiger partial charge < -0.3 is 19.5 Å². The lowest BCUT2D eigenvalue weighted by molar-refractivity contribution is -0.121. The zero-order valence-electron chi connectivity index (χ0n) is 18.0. The Morgan fingerprint density at radius 2 is 1.97 bits per heavy atom. The standard InChI is InChI=1S/C25H26N2O4/c1-15-10-25(29)31-23-13-22(30-3)17(12-20(15)23)8-9-24(28)27-16(2)11-18-14-26-21-7-5-4-6-19(18)21/h4-7,10,12-14,16,26H,8-9,11H2,1-3H3,(H,27,28)/t16-/m0/s1. The van der Waals surface area contributed by atoms with Crippen molar-refractivity contribution >= 4 is 27.8 Å². The van der Waals surface area contributed by atoms with Crippen molar-refractivity contribution in [3.63, 3.8) is 0 Å².